The molecule has 0 fully saturated rings. The Morgan fingerprint density at radius 2 is 0.867 bits per heavy atom. The lowest BCUT2D eigenvalue weighted by atomic mass is 9.99. The van der Waals surface area contributed by atoms with Crippen LogP contribution in [0.2, 0.25) is 0 Å². The molecule has 0 aromatic heterocycles. The molecule has 6 heteroatoms. The molecule has 0 N–H and O–H groups in total. The van der Waals surface area contributed by atoms with Crippen molar-refractivity contribution in [3.8, 4) is 11.5 Å². The Morgan fingerprint density at radius 3 is 1.31 bits per heavy atom. The van der Waals surface area contributed by atoms with E-state index in [1.165, 1.54) is 77.0 Å². The summed E-state index contributed by atoms with van der Waals surface area (Å²) < 4.78 is 22.6. The molecule has 248 valence electrons. The van der Waals surface area contributed by atoms with E-state index in [1.807, 2.05) is 49.4 Å². The third kappa shape index (κ3) is 12.9. The Hall–Kier alpha value is -3.28. The normalized spacial score (nSPS) is 11.2. The van der Waals surface area contributed by atoms with Crippen molar-refractivity contribution >= 4 is 33.9 Å². The second-order valence-electron chi connectivity index (χ2n) is 12.3. The number of ether oxygens (including phenoxy) is 4. The molecule has 0 aliphatic heterocycles. The second-order valence-corrected chi connectivity index (χ2v) is 12.3. The summed E-state index contributed by atoms with van der Waals surface area (Å²) in [6.07, 6.45) is 20.0. The Labute approximate surface area is 271 Å². The van der Waals surface area contributed by atoms with Gasteiger partial charge in [-0.2, -0.15) is 0 Å². The molecular weight excluding hydrogens is 564 g/mol. The molecule has 0 spiro atoms. The number of hydrogen-bond acceptors (Lipinski definition) is 6. The molecule has 3 aromatic carbocycles. The van der Waals surface area contributed by atoms with Gasteiger partial charge in [0.1, 0.15) is 11.5 Å². The van der Waals surface area contributed by atoms with Crippen LogP contribution in [-0.2, 0) is 9.47 Å². The van der Waals surface area contributed by atoms with E-state index in [0.29, 0.717) is 46.3 Å². The standard InChI is InChI=1S/C39H56O6/c1-4-6-8-10-12-14-16-18-22-28-42-38(40)44-36-32-24-20-21-25-33(32)37(35-30-31(3)26-27-34(35)36)45-39(41)43-29-23-19-17-15-13-11-9-7-5-2/h20-21,24-27,30H,4-19,22-23,28-29H2,1-3H3. The number of hydrogen-bond donors (Lipinski definition) is 0. The fourth-order valence-corrected chi connectivity index (χ4v) is 5.80. The first-order valence-corrected chi connectivity index (χ1v) is 17.7. The third-order valence-corrected chi connectivity index (χ3v) is 8.39. The van der Waals surface area contributed by atoms with E-state index in [-0.39, 0.29) is 0 Å². The molecule has 45 heavy (non-hydrogen) atoms. The summed E-state index contributed by atoms with van der Waals surface area (Å²) in [5.74, 6) is 0.796. The highest BCUT2D eigenvalue weighted by Gasteiger charge is 2.21. The molecule has 0 bridgehead atoms. The first kappa shape index (κ1) is 36.2. The predicted molar refractivity (Wildman–Crippen MR) is 185 cm³/mol. The highest BCUT2D eigenvalue weighted by molar-refractivity contribution is 6.12. The Balaban J connectivity index is 1.56. The number of carbonyl (C=O) groups excluding carboxylic acids is 2. The molecule has 3 aromatic rings. The fraction of sp³-hybridized carbons (Fsp3) is 0.590. The lowest BCUT2D eigenvalue weighted by molar-refractivity contribution is 0.0965. The Morgan fingerprint density at radius 1 is 0.489 bits per heavy atom. The summed E-state index contributed by atoms with van der Waals surface area (Å²) in [6.45, 7) is 7.10. The van der Waals surface area contributed by atoms with Crippen molar-refractivity contribution in [2.75, 3.05) is 13.2 Å². The van der Waals surface area contributed by atoms with Crippen LogP contribution in [-0.4, -0.2) is 25.5 Å². The SMILES string of the molecule is CCCCCCCCCCCOC(=O)Oc1c2ccccc2c(OC(=O)OCCCCCCCCCCC)c2cc(C)ccc12. The largest absolute Gasteiger partial charge is 0.513 e. The van der Waals surface area contributed by atoms with Crippen LogP contribution in [0.1, 0.15) is 135 Å². The number of benzene rings is 3. The molecule has 0 heterocycles. The van der Waals surface area contributed by atoms with E-state index < -0.39 is 12.3 Å². The van der Waals surface area contributed by atoms with Crippen LogP contribution in [0.4, 0.5) is 9.59 Å². The zero-order chi connectivity index (χ0) is 32.1. The van der Waals surface area contributed by atoms with Crippen molar-refractivity contribution in [1.29, 1.82) is 0 Å². The molecule has 0 amide bonds. The number of aryl methyl sites for hydroxylation is 1. The lowest BCUT2D eigenvalue weighted by Gasteiger charge is -2.16. The average molecular weight is 621 g/mol. The van der Waals surface area contributed by atoms with Crippen LogP contribution in [0.3, 0.4) is 0 Å². The average Bonchev–Trinajstić information content (AvgIpc) is 3.04. The maximum atomic E-state index is 12.8. The van der Waals surface area contributed by atoms with Crippen molar-refractivity contribution in [3.05, 3.63) is 48.0 Å². The first-order chi connectivity index (χ1) is 22.0. The summed E-state index contributed by atoms with van der Waals surface area (Å²) in [4.78, 5) is 25.6. The molecule has 3 rings (SSSR count). The van der Waals surface area contributed by atoms with E-state index in [0.717, 1.165) is 44.1 Å². The van der Waals surface area contributed by atoms with Crippen LogP contribution in [0.5, 0.6) is 11.5 Å². The summed E-state index contributed by atoms with van der Waals surface area (Å²) in [5.41, 5.74) is 0.990. The molecule has 0 aliphatic carbocycles. The number of carbonyl (C=O) groups is 2. The number of unbranched alkanes of at least 4 members (excludes halogenated alkanes) is 16. The van der Waals surface area contributed by atoms with Gasteiger partial charge < -0.3 is 18.9 Å². The van der Waals surface area contributed by atoms with Gasteiger partial charge in [-0.25, -0.2) is 9.59 Å². The van der Waals surface area contributed by atoms with E-state index in [1.54, 1.807) is 0 Å². The van der Waals surface area contributed by atoms with E-state index >= 15 is 0 Å². The minimum atomic E-state index is -0.726. The van der Waals surface area contributed by atoms with E-state index in [2.05, 4.69) is 13.8 Å². The van der Waals surface area contributed by atoms with Crippen LogP contribution in [0.15, 0.2) is 42.5 Å². The van der Waals surface area contributed by atoms with Crippen molar-refractivity contribution in [2.24, 2.45) is 0 Å². The van der Waals surface area contributed by atoms with Crippen LogP contribution >= 0.6 is 0 Å². The highest BCUT2D eigenvalue weighted by atomic mass is 16.7. The van der Waals surface area contributed by atoms with E-state index in [9.17, 15) is 9.59 Å². The van der Waals surface area contributed by atoms with Crippen LogP contribution in [0.25, 0.3) is 21.5 Å². The van der Waals surface area contributed by atoms with Gasteiger partial charge in [0.2, 0.25) is 0 Å². The van der Waals surface area contributed by atoms with Gasteiger partial charge in [0.05, 0.1) is 13.2 Å². The summed E-state index contributed by atoms with van der Waals surface area (Å²) >= 11 is 0. The summed E-state index contributed by atoms with van der Waals surface area (Å²) in [7, 11) is 0. The smallest absolute Gasteiger partial charge is 0.434 e. The molecule has 0 radical (unpaired) electrons. The van der Waals surface area contributed by atoms with Gasteiger partial charge in [-0.05, 0) is 25.8 Å². The van der Waals surface area contributed by atoms with Gasteiger partial charge in [0.15, 0.2) is 0 Å². The maximum absolute atomic E-state index is 12.8. The minimum absolute atomic E-state index is 0.329. The molecule has 0 saturated heterocycles. The molecule has 0 saturated carbocycles. The second kappa shape index (κ2) is 21.5. The van der Waals surface area contributed by atoms with Gasteiger partial charge in [-0.3, -0.25) is 0 Å². The summed E-state index contributed by atoms with van der Waals surface area (Å²) in [5, 5.41) is 2.67. The lowest BCUT2D eigenvalue weighted by Crippen LogP contribution is -2.14. The van der Waals surface area contributed by atoms with Crippen LogP contribution in [0, 0.1) is 6.92 Å². The predicted octanol–water partition coefficient (Wildman–Crippen LogP) is 12.4. The quantitative estimate of drug-likeness (QED) is 0.0481. The third-order valence-electron chi connectivity index (χ3n) is 8.39. The Kier molecular flexibility index (Phi) is 17.3. The zero-order valence-corrected chi connectivity index (χ0v) is 28.1. The van der Waals surface area contributed by atoms with Crippen molar-refractivity contribution in [1.82, 2.24) is 0 Å². The van der Waals surface area contributed by atoms with E-state index in [4.69, 9.17) is 18.9 Å². The molecular formula is C39H56O6. The van der Waals surface area contributed by atoms with Crippen LogP contribution < -0.4 is 9.47 Å². The summed E-state index contributed by atoms with van der Waals surface area (Å²) in [6, 6.07) is 13.2. The van der Waals surface area contributed by atoms with Crippen molar-refractivity contribution in [2.45, 2.75) is 136 Å². The van der Waals surface area contributed by atoms with Gasteiger partial charge in [-0.15, -0.1) is 0 Å². The monoisotopic (exact) mass is 620 g/mol. The fourth-order valence-electron chi connectivity index (χ4n) is 5.80. The highest BCUT2D eigenvalue weighted by Crippen LogP contribution is 2.43. The zero-order valence-electron chi connectivity index (χ0n) is 28.1. The van der Waals surface area contributed by atoms with Gasteiger partial charge in [0, 0.05) is 21.5 Å². The molecule has 0 atom stereocenters. The topological polar surface area (TPSA) is 71.1 Å². The number of rotatable bonds is 22. The van der Waals surface area contributed by atoms with Gasteiger partial charge in [0.25, 0.3) is 0 Å². The number of fused-ring (bicyclic) bond motifs is 2. The molecule has 0 aliphatic rings. The molecule has 0 unspecified atom stereocenters. The first-order valence-electron chi connectivity index (χ1n) is 17.7. The molecule has 6 nitrogen and oxygen atoms in total. The van der Waals surface area contributed by atoms with Gasteiger partial charge >= 0.3 is 12.3 Å². The minimum Gasteiger partial charge on any atom is -0.434 e. The van der Waals surface area contributed by atoms with Gasteiger partial charge in [-0.1, -0.05) is 159 Å². The maximum Gasteiger partial charge on any atom is 0.513 e. The Bertz CT molecular complexity index is 1300. The van der Waals surface area contributed by atoms with Crippen molar-refractivity contribution < 1.29 is 28.5 Å². The van der Waals surface area contributed by atoms with Crippen molar-refractivity contribution in [3.63, 3.8) is 0 Å².